The summed E-state index contributed by atoms with van der Waals surface area (Å²) in [5.74, 6) is 0. The minimum Gasteiger partial charge on any atom is -0.365 e. The zero-order valence-corrected chi connectivity index (χ0v) is 11.1. The predicted molar refractivity (Wildman–Crippen MR) is 74.6 cm³/mol. The Morgan fingerprint density at radius 3 is 2.95 bits per heavy atom. The molecular formula is C14H16N4O2. The number of nitrogens with one attached hydrogen (secondary N) is 1. The SMILES string of the molecule is N#Cc1ccc(N2CCC3(CCNC3)C2)c([N+](=O)[O-])c1. The maximum atomic E-state index is 11.2. The average Bonchev–Trinajstić information content (AvgIpc) is 3.09. The Hall–Kier alpha value is -2.13. The fourth-order valence-electron chi connectivity index (χ4n) is 3.29. The van der Waals surface area contributed by atoms with Crippen molar-refractivity contribution in [1.82, 2.24) is 5.32 Å². The number of hydrogen-bond acceptors (Lipinski definition) is 5. The van der Waals surface area contributed by atoms with Crippen LogP contribution in [0.2, 0.25) is 0 Å². The molecule has 104 valence electrons. The van der Waals surface area contributed by atoms with E-state index in [1.165, 1.54) is 6.07 Å². The molecule has 0 saturated carbocycles. The highest BCUT2D eigenvalue weighted by molar-refractivity contribution is 5.66. The van der Waals surface area contributed by atoms with E-state index in [9.17, 15) is 10.1 Å². The second-order valence-corrected chi connectivity index (χ2v) is 5.67. The van der Waals surface area contributed by atoms with E-state index >= 15 is 0 Å². The van der Waals surface area contributed by atoms with Crippen molar-refractivity contribution in [3.63, 3.8) is 0 Å². The first-order valence-corrected chi connectivity index (χ1v) is 6.78. The monoisotopic (exact) mass is 272 g/mol. The minimum absolute atomic E-state index is 0.0343. The molecule has 0 aliphatic carbocycles. The lowest BCUT2D eigenvalue weighted by molar-refractivity contribution is -0.384. The smallest absolute Gasteiger partial charge is 0.293 e. The number of hydrogen-bond donors (Lipinski definition) is 1. The van der Waals surface area contributed by atoms with Gasteiger partial charge in [-0.3, -0.25) is 10.1 Å². The zero-order valence-electron chi connectivity index (χ0n) is 11.1. The molecule has 2 saturated heterocycles. The van der Waals surface area contributed by atoms with Crippen LogP contribution in [-0.4, -0.2) is 31.1 Å². The first-order valence-electron chi connectivity index (χ1n) is 6.78. The Morgan fingerprint density at radius 2 is 2.30 bits per heavy atom. The highest BCUT2D eigenvalue weighted by atomic mass is 16.6. The molecule has 2 aliphatic heterocycles. The third-order valence-corrected chi connectivity index (χ3v) is 4.41. The highest BCUT2D eigenvalue weighted by Crippen LogP contribution is 2.40. The van der Waals surface area contributed by atoms with Crippen LogP contribution in [0.5, 0.6) is 0 Å². The van der Waals surface area contributed by atoms with Gasteiger partial charge in [0, 0.05) is 31.1 Å². The molecule has 6 heteroatoms. The van der Waals surface area contributed by atoms with Gasteiger partial charge in [-0.2, -0.15) is 5.26 Å². The Labute approximate surface area is 117 Å². The minimum atomic E-state index is -0.395. The van der Waals surface area contributed by atoms with Crippen LogP contribution in [0.25, 0.3) is 0 Å². The third kappa shape index (κ3) is 2.10. The molecule has 1 aromatic rings. The molecule has 6 nitrogen and oxygen atoms in total. The average molecular weight is 272 g/mol. The Bertz CT molecular complexity index is 587. The number of nitriles is 1. The van der Waals surface area contributed by atoms with E-state index in [4.69, 9.17) is 5.26 Å². The van der Waals surface area contributed by atoms with Crippen LogP contribution < -0.4 is 10.2 Å². The molecule has 0 aromatic heterocycles. The Kier molecular flexibility index (Phi) is 3.07. The quantitative estimate of drug-likeness (QED) is 0.654. The first kappa shape index (κ1) is 12.9. The van der Waals surface area contributed by atoms with E-state index < -0.39 is 4.92 Å². The normalized spacial score (nSPS) is 25.1. The third-order valence-electron chi connectivity index (χ3n) is 4.41. The van der Waals surface area contributed by atoms with Gasteiger partial charge in [-0.25, -0.2) is 0 Å². The van der Waals surface area contributed by atoms with Gasteiger partial charge in [0.1, 0.15) is 5.69 Å². The van der Waals surface area contributed by atoms with Gasteiger partial charge in [-0.1, -0.05) is 0 Å². The second-order valence-electron chi connectivity index (χ2n) is 5.67. The van der Waals surface area contributed by atoms with Gasteiger partial charge in [0.25, 0.3) is 5.69 Å². The van der Waals surface area contributed by atoms with Gasteiger partial charge >= 0.3 is 0 Å². The van der Waals surface area contributed by atoms with Crippen molar-refractivity contribution >= 4 is 11.4 Å². The maximum Gasteiger partial charge on any atom is 0.293 e. The van der Waals surface area contributed by atoms with Gasteiger partial charge in [0.2, 0.25) is 0 Å². The summed E-state index contributed by atoms with van der Waals surface area (Å²) in [6.45, 7) is 3.72. The van der Waals surface area contributed by atoms with Crippen molar-refractivity contribution < 1.29 is 4.92 Å². The number of nitrogens with zero attached hydrogens (tertiary/aromatic N) is 3. The van der Waals surface area contributed by atoms with Gasteiger partial charge in [-0.05, 0) is 31.5 Å². The summed E-state index contributed by atoms with van der Waals surface area (Å²) in [6.07, 6.45) is 2.20. The van der Waals surface area contributed by atoms with Crippen molar-refractivity contribution in [1.29, 1.82) is 5.26 Å². The molecule has 3 rings (SSSR count). The molecule has 1 N–H and O–H groups in total. The van der Waals surface area contributed by atoms with E-state index in [1.807, 2.05) is 6.07 Å². The molecular weight excluding hydrogens is 256 g/mol. The van der Waals surface area contributed by atoms with Crippen LogP contribution in [-0.2, 0) is 0 Å². The molecule has 2 aliphatic rings. The van der Waals surface area contributed by atoms with Crippen LogP contribution in [0.1, 0.15) is 18.4 Å². The largest absolute Gasteiger partial charge is 0.365 e. The van der Waals surface area contributed by atoms with Crippen LogP contribution >= 0.6 is 0 Å². The van der Waals surface area contributed by atoms with Gasteiger partial charge < -0.3 is 10.2 Å². The van der Waals surface area contributed by atoms with Crippen molar-refractivity contribution in [3.05, 3.63) is 33.9 Å². The molecule has 2 fully saturated rings. The summed E-state index contributed by atoms with van der Waals surface area (Å²) < 4.78 is 0. The molecule has 0 radical (unpaired) electrons. The number of benzene rings is 1. The fraction of sp³-hybridized carbons (Fsp3) is 0.500. The number of rotatable bonds is 2. The van der Waals surface area contributed by atoms with E-state index in [1.54, 1.807) is 12.1 Å². The van der Waals surface area contributed by atoms with Crippen LogP contribution in [0.4, 0.5) is 11.4 Å². The number of anilines is 1. The number of nitro benzene ring substituents is 1. The summed E-state index contributed by atoms with van der Waals surface area (Å²) >= 11 is 0. The first-order chi connectivity index (χ1) is 9.63. The van der Waals surface area contributed by atoms with E-state index in [2.05, 4.69) is 10.2 Å². The van der Waals surface area contributed by atoms with Crippen molar-refractivity contribution in [2.24, 2.45) is 5.41 Å². The Morgan fingerprint density at radius 1 is 1.45 bits per heavy atom. The summed E-state index contributed by atoms with van der Waals surface area (Å²) in [5.41, 5.74) is 1.27. The zero-order chi connectivity index (χ0) is 14.2. The standard InChI is InChI=1S/C14H16N4O2/c15-8-11-1-2-12(13(7-11)18(19)20)17-6-4-14(10-17)3-5-16-9-14/h1-2,7,16H,3-6,9-10H2. The summed E-state index contributed by atoms with van der Waals surface area (Å²) in [5, 5.41) is 23.5. The van der Waals surface area contributed by atoms with Crippen molar-refractivity contribution in [3.8, 4) is 6.07 Å². The lowest BCUT2D eigenvalue weighted by atomic mass is 9.86. The molecule has 1 unspecified atom stereocenters. The highest BCUT2D eigenvalue weighted by Gasteiger charge is 2.41. The maximum absolute atomic E-state index is 11.2. The predicted octanol–water partition coefficient (Wildman–Crippen LogP) is 1.66. The van der Waals surface area contributed by atoms with Crippen LogP contribution in [0.15, 0.2) is 18.2 Å². The van der Waals surface area contributed by atoms with E-state index in [-0.39, 0.29) is 11.1 Å². The van der Waals surface area contributed by atoms with E-state index in [0.717, 1.165) is 39.0 Å². The topological polar surface area (TPSA) is 82.2 Å². The van der Waals surface area contributed by atoms with Crippen LogP contribution in [0, 0.1) is 26.9 Å². The van der Waals surface area contributed by atoms with Gasteiger partial charge in [0.15, 0.2) is 0 Å². The summed E-state index contributed by atoms with van der Waals surface area (Å²) in [4.78, 5) is 12.9. The lowest BCUT2D eigenvalue weighted by Gasteiger charge is -2.23. The summed E-state index contributed by atoms with van der Waals surface area (Å²) in [6, 6.07) is 6.68. The molecule has 1 spiro atoms. The van der Waals surface area contributed by atoms with E-state index in [0.29, 0.717) is 11.3 Å². The second kappa shape index (κ2) is 4.76. The van der Waals surface area contributed by atoms with Gasteiger partial charge in [-0.15, -0.1) is 0 Å². The molecule has 0 bridgehead atoms. The molecule has 1 atom stereocenters. The molecule has 0 amide bonds. The molecule has 1 aromatic carbocycles. The van der Waals surface area contributed by atoms with Crippen molar-refractivity contribution in [2.75, 3.05) is 31.1 Å². The Balaban J connectivity index is 1.91. The lowest BCUT2D eigenvalue weighted by Crippen LogP contribution is -2.29. The van der Waals surface area contributed by atoms with Crippen LogP contribution in [0.3, 0.4) is 0 Å². The molecule has 20 heavy (non-hydrogen) atoms. The van der Waals surface area contributed by atoms with Crippen molar-refractivity contribution in [2.45, 2.75) is 12.8 Å². The fourth-order valence-corrected chi connectivity index (χ4v) is 3.29. The number of nitro groups is 1. The van der Waals surface area contributed by atoms with Gasteiger partial charge in [0.05, 0.1) is 16.6 Å². The summed E-state index contributed by atoms with van der Waals surface area (Å²) in [7, 11) is 0. The molecule has 2 heterocycles.